The van der Waals surface area contributed by atoms with Crippen LogP contribution in [0.1, 0.15) is 5.56 Å². The monoisotopic (exact) mass is 356 g/mol. The predicted molar refractivity (Wildman–Crippen MR) is 103 cm³/mol. The second-order valence-electron chi connectivity index (χ2n) is 6.67. The minimum absolute atomic E-state index is 0.169. The lowest BCUT2D eigenvalue weighted by Crippen LogP contribution is -2.52. The van der Waals surface area contributed by atoms with Crippen LogP contribution in [0.4, 0.5) is 0 Å². The molecular weight excluding hydrogens is 332 g/mol. The Balaban J connectivity index is 1.45. The van der Waals surface area contributed by atoms with Crippen LogP contribution < -0.4 is 0 Å². The van der Waals surface area contributed by atoms with E-state index in [4.69, 9.17) is 4.74 Å². The predicted octanol–water partition coefficient (Wildman–Crippen LogP) is 2.62. The Morgan fingerprint density at radius 2 is 1.88 bits per heavy atom. The summed E-state index contributed by atoms with van der Waals surface area (Å²) in [5.74, 6) is 2.25. The maximum Gasteiger partial charge on any atom is 0.253 e. The average molecular weight is 356 g/mol. The van der Waals surface area contributed by atoms with Crippen LogP contribution >= 0.6 is 11.8 Å². The molecule has 0 radical (unpaired) electrons. The number of carbonyl (C=O) groups excluding carboxylic acids is 1. The number of hydrogen-bond acceptors (Lipinski definition) is 4. The van der Waals surface area contributed by atoms with Crippen LogP contribution in [0.3, 0.4) is 0 Å². The Morgan fingerprint density at radius 1 is 1.08 bits per heavy atom. The van der Waals surface area contributed by atoms with E-state index in [1.54, 1.807) is 0 Å². The zero-order chi connectivity index (χ0) is 17.1. The van der Waals surface area contributed by atoms with Crippen LogP contribution in [0.2, 0.25) is 0 Å². The number of hydrogen-bond donors (Lipinski definition) is 0. The first-order valence-electron chi connectivity index (χ1n) is 8.98. The van der Waals surface area contributed by atoms with Gasteiger partial charge in [0.1, 0.15) is 6.10 Å². The smallest absolute Gasteiger partial charge is 0.253 e. The fraction of sp³-hybridized carbons (Fsp3) is 0.450. The van der Waals surface area contributed by atoms with E-state index in [9.17, 15) is 4.79 Å². The molecule has 4 nitrogen and oxygen atoms in total. The molecule has 5 heteroatoms. The molecule has 1 atom stereocenters. The van der Waals surface area contributed by atoms with Crippen LogP contribution in [0.25, 0.3) is 10.8 Å². The van der Waals surface area contributed by atoms with Gasteiger partial charge >= 0.3 is 0 Å². The zero-order valence-electron chi connectivity index (χ0n) is 14.4. The van der Waals surface area contributed by atoms with Crippen molar-refractivity contribution < 1.29 is 9.53 Å². The summed E-state index contributed by atoms with van der Waals surface area (Å²) in [4.78, 5) is 17.1. The lowest BCUT2D eigenvalue weighted by Gasteiger charge is -2.36. The van der Waals surface area contributed by atoms with Gasteiger partial charge in [-0.1, -0.05) is 42.5 Å². The summed E-state index contributed by atoms with van der Waals surface area (Å²) in [5, 5.41) is 2.57. The van der Waals surface area contributed by atoms with E-state index >= 15 is 0 Å². The van der Waals surface area contributed by atoms with Gasteiger partial charge in [0.05, 0.1) is 6.61 Å². The molecule has 2 aliphatic heterocycles. The second-order valence-corrected chi connectivity index (χ2v) is 7.90. The molecule has 25 heavy (non-hydrogen) atoms. The maximum absolute atomic E-state index is 12.7. The fourth-order valence-electron chi connectivity index (χ4n) is 3.65. The van der Waals surface area contributed by atoms with Crippen LogP contribution in [0.5, 0.6) is 0 Å². The van der Waals surface area contributed by atoms with Crippen LogP contribution in [0, 0.1) is 0 Å². The van der Waals surface area contributed by atoms with Crippen molar-refractivity contribution in [2.45, 2.75) is 12.6 Å². The Kier molecular flexibility index (Phi) is 5.25. The van der Waals surface area contributed by atoms with Crippen molar-refractivity contribution in [3.63, 3.8) is 0 Å². The molecule has 4 rings (SSSR count). The summed E-state index contributed by atoms with van der Waals surface area (Å²) >= 11 is 1.92. The van der Waals surface area contributed by atoms with E-state index in [1.807, 2.05) is 16.7 Å². The molecule has 132 valence electrons. The summed E-state index contributed by atoms with van der Waals surface area (Å²) < 4.78 is 5.81. The average Bonchev–Trinajstić information content (AvgIpc) is 2.69. The molecule has 0 bridgehead atoms. The molecule has 2 heterocycles. The highest BCUT2D eigenvalue weighted by Gasteiger charge is 2.31. The number of nitrogens with zero attached hydrogens (tertiary/aromatic N) is 2. The summed E-state index contributed by atoms with van der Waals surface area (Å²) in [6.45, 7) is 4.77. The van der Waals surface area contributed by atoms with Gasteiger partial charge in [-0.15, -0.1) is 0 Å². The van der Waals surface area contributed by atoms with Crippen LogP contribution in [-0.4, -0.2) is 66.1 Å². The van der Waals surface area contributed by atoms with Crippen molar-refractivity contribution in [3.05, 3.63) is 48.0 Å². The highest BCUT2D eigenvalue weighted by atomic mass is 32.2. The van der Waals surface area contributed by atoms with Crippen molar-refractivity contribution in [3.8, 4) is 0 Å². The van der Waals surface area contributed by atoms with Crippen LogP contribution in [-0.2, 0) is 16.1 Å². The van der Waals surface area contributed by atoms with E-state index in [0.29, 0.717) is 13.2 Å². The van der Waals surface area contributed by atoms with Crippen molar-refractivity contribution in [2.75, 3.05) is 44.3 Å². The summed E-state index contributed by atoms with van der Waals surface area (Å²) in [7, 11) is 0. The van der Waals surface area contributed by atoms with Gasteiger partial charge in [0, 0.05) is 44.2 Å². The first kappa shape index (κ1) is 16.9. The zero-order valence-corrected chi connectivity index (χ0v) is 15.2. The Bertz CT molecular complexity index is 740. The van der Waals surface area contributed by atoms with Crippen molar-refractivity contribution in [2.24, 2.45) is 0 Å². The normalized spacial score (nSPS) is 22.2. The fourth-order valence-corrected chi connectivity index (χ4v) is 4.56. The number of thioether (sulfide) groups is 1. The van der Waals surface area contributed by atoms with E-state index in [0.717, 1.165) is 37.7 Å². The number of morpholine rings is 1. The molecule has 2 fully saturated rings. The standard InChI is InChI=1S/C20H24N2O2S/c23-20(22-9-12-25-13-10-22)19-15-21(8-11-24-19)14-17-6-3-5-16-4-1-2-7-18(16)17/h1-7,19H,8-15H2. The summed E-state index contributed by atoms with van der Waals surface area (Å²) in [5.41, 5.74) is 1.32. The number of carbonyl (C=O) groups is 1. The van der Waals surface area contributed by atoms with Crippen LogP contribution in [0.15, 0.2) is 42.5 Å². The largest absolute Gasteiger partial charge is 0.366 e. The molecule has 0 aromatic heterocycles. The summed E-state index contributed by atoms with van der Waals surface area (Å²) in [6.07, 6.45) is -0.313. The lowest BCUT2D eigenvalue weighted by atomic mass is 10.0. The minimum atomic E-state index is -0.313. The number of ether oxygens (including phenoxy) is 1. The van der Waals surface area contributed by atoms with E-state index in [1.165, 1.54) is 16.3 Å². The van der Waals surface area contributed by atoms with Gasteiger partial charge in [-0.05, 0) is 16.3 Å². The molecule has 1 unspecified atom stereocenters. The lowest BCUT2D eigenvalue weighted by molar-refractivity contribution is -0.149. The Labute approximate surface area is 153 Å². The van der Waals surface area contributed by atoms with E-state index in [2.05, 4.69) is 47.4 Å². The highest BCUT2D eigenvalue weighted by molar-refractivity contribution is 7.99. The number of fused-ring (bicyclic) bond motifs is 1. The first-order valence-corrected chi connectivity index (χ1v) is 10.1. The highest BCUT2D eigenvalue weighted by Crippen LogP contribution is 2.21. The Morgan fingerprint density at radius 3 is 2.76 bits per heavy atom. The molecule has 0 aliphatic carbocycles. The third kappa shape index (κ3) is 3.84. The van der Waals surface area contributed by atoms with Crippen molar-refractivity contribution in [1.82, 2.24) is 9.80 Å². The topological polar surface area (TPSA) is 32.8 Å². The third-order valence-electron chi connectivity index (χ3n) is 5.02. The molecule has 2 aromatic rings. The Hall–Kier alpha value is -1.56. The SMILES string of the molecule is O=C(C1CN(Cc2cccc3ccccc23)CCO1)N1CCSCC1. The quantitative estimate of drug-likeness (QED) is 0.846. The van der Waals surface area contributed by atoms with Gasteiger partial charge in [0.15, 0.2) is 0 Å². The molecule has 1 amide bonds. The summed E-state index contributed by atoms with van der Waals surface area (Å²) in [6, 6.07) is 15.0. The number of benzene rings is 2. The van der Waals surface area contributed by atoms with Gasteiger partial charge in [0.2, 0.25) is 0 Å². The van der Waals surface area contributed by atoms with Gasteiger partial charge in [-0.2, -0.15) is 11.8 Å². The maximum atomic E-state index is 12.7. The van der Waals surface area contributed by atoms with E-state index < -0.39 is 0 Å². The minimum Gasteiger partial charge on any atom is -0.366 e. The molecule has 2 aromatic carbocycles. The van der Waals surface area contributed by atoms with Gasteiger partial charge < -0.3 is 9.64 Å². The number of rotatable bonds is 3. The van der Waals surface area contributed by atoms with Crippen molar-refractivity contribution >= 4 is 28.4 Å². The molecule has 0 spiro atoms. The second kappa shape index (κ2) is 7.77. The van der Waals surface area contributed by atoms with E-state index in [-0.39, 0.29) is 12.0 Å². The first-order chi connectivity index (χ1) is 12.3. The molecule has 0 saturated carbocycles. The number of amides is 1. The van der Waals surface area contributed by atoms with Gasteiger partial charge in [-0.25, -0.2) is 0 Å². The van der Waals surface area contributed by atoms with Gasteiger partial charge in [0.25, 0.3) is 5.91 Å². The molecule has 2 aliphatic rings. The molecule has 0 N–H and O–H groups in total. The third-order valence-corrected chi connectivity index (χ3v) is 5.97. The molecule has 2 saturated heterocycles. The molecular formula is C20H24N2O2S. The van der Waals surface area contributed by atoms with Gasteiger partial charge in [-0.3, -0.25) is 9.69 Å². The van der Waals surface area contributed by atoms with Crippen molar-refractivity contribution in [1.29, 1.82) is 0 Å².